The summed E-state index contributed by atoms with van der Waals surface area (Å²) in [4.78, 5) is -0.341. The fourth-order valence-corrected chi connectivity index (χ4v) is 3.63. The summed E-state index contributed by atoms with van der Waals surface area (Å²) < 4.78 is 40.0. The van der Waals surface area contributed by atoms with Gasteiger partial charge in [-0.25, -0.2) is 12.8 Å². The SMILES string of the molecule is CCCN(C(C)C)S(=O)(=O)c1ccc(CO)cc1F. The van der Waals surface area contributed by atoms with Crippen molar-refractivity contribution in [1.82, 2.24) is 4.31 Å². The molecule has 0 aliphatic rings. The summed E-state index contributed by atoms with van der Waals surface area (Å²) in [5.41, 5.74) is 0.350. The first kappa shape index (κ1) is 16.1. The zero-order valence-electron chi connectivity index (χ0n) is 11.4. The second-order valence-electron chi connectivity index (χ2n) is 4.63. The van der Waals surface area contributed by atoms with Crippen LogP contribution in [0.25, 0.3) is 0 Å². The van der Waals surface area contributed by atoms with Gasteiger partial charge in [0.1, 0.15) is 10.7 Å². The van der Waals surface area contributed by atoms with Gasteiger partial charge in [0.15, 0.2) is 0 Å². The Labute approximate surface area is 113 Å². The third-order valence-corrected chi connectivity index (χ3v) is 4.89. The van der Waals surface area contributed by atoms with Crippen molar-refractivity contribution in [3.8, 4) is 0 Å². The Kier molecular flexibility index (Phi) is 5.46. The van der Waals surface area contributed by atoms with E-state index < -0.39 is 15.8 Å². The third-order valence-electron chi connectivity index (χ3n) is 2.79. The molecule has 0 saturated carbocycles. The van der Waals surface area contributed by atoms with Crippen molar-refractivity contribution in [3.63, 3.8) is 0 Å². The molecule has 6 heteroatoms. The number of hydrogen-bond donors (Lipinski definition) is 1. The molecule has 0 atom stereocenters. The minimum atomic E-state index is -3.84. The van der Waals surface area contributed by atoms with Crippen LogP contribution in [0.1, 0.15) is 32.8 Å². The molecule has 1 aromatic carbocycles. The van der Waals surface area contributed by atoms with Gasteiger partial charge < -0.3 is 5.11 Å². The van der Waals surface area contributed by atoms with E-state index >= 15 is 0 Å². The molecule has 0 fully saturated rings. The van der Waals surface area contributed by atoms with Crippen molar-refractivity contribution in [1.29, 1.82) is 0 Å². The zero-order chi connectivity index (χ0) is 14.6. The first-order valence-electron chi connectivity index (χ1n) is 6.25. The van der Waals surface area contributed by atoms with Gasteiger partial charge in [-0.1, -0.05) is 13.0 Å². The molecule has 108 valence electrons. The number of hydrogen-bond acceptors (Lipinski definition) is 3. The first-order chi connectivity index (χ1) is 8.84. The van der Waals surface area contributed by atoms with Gasteiger partial charge in [-0.05, 0) is 38.0 Å². The van der Waals surface area contributed by atoms with Crippen LogP contribution in [-0.4, -0.2) is 30.4 Å². The van der Waals surface area contributed by atoms with Crippen molar-refractivity contribution in [2.45, 2.75) is 44.7 Å². The molecule has 0 aliphatic heterocycles. The summed E-state index contributed by atoms with van der Waals surface area (Å²) >= 11 is 0. The summed E-state index contributed by atoms with van der Waals surface area (Å²) in [6, 6.07) is 3.45. The summed E-state index contributed by atoms with van der Waals surface area (Å²) in [7, 11) is -3.84. The molecule has 0 unspecified atom stereocenters. The Bertz CT molecular complexity index is 529. The van der Waals surface area contributed by atoms with Gasteiger partial charge >= 0.3 is 0 Å². The molecule has 0 aromatic heterocycles. The maximum absolute atomic E-state index is 13.9. The molecule has 1 aromatic rings. The molecule has 0 bridgehead atoms. The number of sulfonamides is 1. The summed E-state index contributed by atoms with van der Waals surface area (Å²) in [6.07, 6.45) is 0.660. The van der Waals surface area contributed by atoms with Crippen molar-refractivity contribution < 1.29 is 17.9 Å². The van der Waals surface area contributed by atoms with Crippen LogP contribution >= 0.6 is 0 Å². The van der Waals surface area contributed by atoms with Crippen molar-refractivity contribution in [2.75, 3.05) is 6.54 Å². The van der Waals surface area contributed by atoms with Gasteiger partial charge in [-0.15, -0.1) is 0 Å². The molecule has 4 nitrogen and oxygen atoms in total. The van der Waals surface area contributed by atoms with E-state index in [4.69, 9.17) is 5.11 Å². The van der Waals surface area contributed by atoms with Crippen LogP contribution in [0.5, 0.6) is 0 Å². The maximum atomic E-state index is 13.9. The van der Waals surface area contributed by atoms with E-state index in [9.17, 15) is 12.8 Å². The van der Waals surface area contributed by atoms with Gasteiger partial charge in [0.25, 0.3) is 0 Å². The molecule has 19 heavy (non-hydrogen) atoms. The molecule has 0 radical (unpaired) electrons. The van der Waals surface area contributed by atoms with Gasteiger partial charge in [0.05, 0.1) is 6.61 Å². The monoisotopic (exact) mass is 289 g/mol. The minimum Gasteiger partial charge on any atom is -0.392 e. The van der Waals surface area contributed by atoms with Gasteiger partial charge in [0.2, 0.25) is 10.0 Å². The largest absolute Gasteiger partial charge is 0.392 e. The van der Waals surface area contributed by atoms with E-state index in [0.29, 0.717) is 18.5 Å². The van der Waals surface area contributed by atoms with Crippen molar-refractivity contribution in [3.05, 3.63) is 29.6 Å². The van der Waals surface area contributed by atoms with Crippen LogP contribution in [0.15, 0.2) is 23.1 Å². The highest BCUT2D eigenvalue weighted by atomic mass is 32.2. The average Bonchev–Trinajstić information content (AvgIpc) is 2.34. The number of rotatable bonds is 6. The quantitative estimate of drug-likeness (QED) is 0.872. The van der Waals surface area contributed by atoms with Crippen LogP contribution in [0.4, 0.5) is 4.39 Å². The van der Waals surface area contributed by atoms with Gasteiger partial charge in [-0.2, -0.15) is 4.31 Å². The van der Waals surface area contributed by atoms with E-state index in [0.717, 1.165) is 6.07 Å². The number of benzene rings is 1. The highest BCUT2D eigenvalue weighted by Gasteiger charge is 2.28. The lowest BCUT2D eigenvalue weighted by Gasteiger charge is -2.25. The second kappa shape index (κ2) is 6.45. The zero-order valence-corrected chi connectivity index (χ0v) is 12.2. The first-order valence-corrected chi connectivity index (χ1v) is 7.69. The molecule has 0 aliphatic carbocycles. The normalized spacial score (nSPS) is 12.4. The summed E-state index contributed by atoms with van der Waals surface area (Å²) in [5, 5.41) is 8.91. The fraction of sp³-hybridized carbons (Fsp3) is 0.538. The molecular formula is C13H20FNO3S. The van der Waals surface area contributed by atoms with E-state index in [2.05, 4.69) is 0 Å². The molecule has 0 spiro atoms. The fourth-order valence-electron chi connectivity index (χ4n) is 1.85. The molecule has 0 saturated heterocycles. The van der Waals surface area contributed by atoms with E-state index in [1.54, 1.807) is 13.8 Å². The Morgan fingerprint density at radius 3 is 2.42 bits per heavy atom. The standard InChI is InChI=1S/C13H20FNO3S/c1-4-7-15(10(2)3)19(17,18)13-6-5-11(9-16)8-12(13)14/h5-6,8,10,16H,4,7,9H2,1-3H3. The van der Waals surface area contributed by atoms with Crippen molar-refractivity contribution >= 4 is 10.0 Å². The second-order valence-corrected chi connectivity index (χ2v) is 6.49. The number of nitrogens with zero attached hydrogens (tertiary/aromatic N) is 1. The number of aliphatic hydroxyl groups is 1. The smallest absolute Gasteiger partial charge is 0.246 e. The van der Waals surface area contributed by atoms with Gasteiger partial charge in [0, 0.05) is 12.6 Å². The van der Waals surface area contributed by atoms with Crippen LogP contribution in [0.2, 0.25) is 0 Å². The molecule has 0 amide bonds. The van der Waals surface area contributed by atoms with E-state index in [1.807, 2.05) is 6.92 Å². The Hall–Kier alpha value is -0.980. The van der Waals surface area contributed by atoms with E-state index in [1.165, 1.54) is 16.4 Å². The predicted octanol–water partition coefficient (Wildman–Crippen LogP) is 2.13. The molecular weight excluding hydrogens is 269 g/mol. The van der Waals surface area contributed by atoms with Crippen LogP contribution in [0, 0.1) is 5.82 Å². The Morgan fingerprint density at radius 2 is 2.00 bits per heavy atom. The highest BCUT2D eigenvalue weighted by Crippen LogP contribution is 2.22. The lowest BCUT2D eigenvalue weighted by Crippen LogP contribution is -2.37. The molecule has 1 N–H and O–H groups in total. The molecule has 1 rings (SSSR count). The highest BCUT2D eigenvalue weighted by molar-refractivity contribution is 7.89. The average molecular weight is 289 g/mol. The Balaban J connectivity index is 3.25. The van der Waals surface area contributed by atoms with E-state index in [-0.39, 0.29) is 17.5 Å². The topological polar surface area (TPSA) is 57.6 Å². The number of aliphatic hydroxyl groups excluding tert-OH is 1. The Morgan fingerprint density at radius 1 is 1.37 bits per heavy atom. The molecule has 0 heterocycles. The maximum Gasteiger partial charge on any atom is 0.246 e. The predicted molar refractivity (Wildman–Crippen MR) is 71.6 cm³/mol. The van der Waals surface area contributed by atoms with Crippen LogP contribution in [0.3, 0.4) is 0 Å². The lowest BCUT2D eigenvalue weighted by atomic mass is 10.2. The van der Waals surface area contributed by atoms with Gasteiger partial charge in [-0.3, -0.25) is 0 Å². The summed E-state index contributed by atoms with van der Waals surface area (Å²) in [6.45, 7) is 5.41. The van der Waals surface area contributed by atoms with Crippen molar-refractivity contribution in [2.24, 2.45) is 0 Å². The summed E-state index contributed by atoms with van der Waals surface area (Å²) in [5.74, 6) is -0.826. The lowest BCUT2D eigenvalue weighted by molar-refractivity contribution is 0.281. The third kappa shape index (κ3) is 3.52. The minimum absolute atomic E-state index is 0.234. The number of halogens is 1. The van der Waals surface area contributed by atoms with Crippen LogP contribution in [-0.2, 0) is 16.6 Å². The van der Waals surface area contributed by atoms with Crippen LogP contribution < -0.4 is 0 Å².